The van der Waals surface area contributed by atoms with E-state index in [1.807, 2.05) is 24.3 Å². The van der Waals surface area contributed by atoms with Gasteiger partial charge in [-0.25, -0.2) is 9.97 Å². The minimum absolute atomic E-state index is 0.0149. The normalized spacial score (nSPS) is 10.3. The van der Waals surface area contributed by atoms with Crippen molar-refractivity contribution in [3.8, 4) is 0 Å². The van der Waals surface area contributed by atoms with Gasteiger partial charge in [0.2, 0.25) is 0 Å². The van der Waals surface area contributed by atoms with Crippen LogP contribution >= 0.6 is 0 Å². The van der Waals surface area contributed by atoms with Crippen molar-refractivity contribution in [2.45, 2.75) is 20.3 Å². The molecule has 0 unspecified atom stereocenters. The van der Waals surface area contributed by atoms with Crippen LogP contribution in [0.15, 0.2) is 60.9 Å². The Balaban J connectivity index is 1.63. The fourth-order valence-electron chi connectivity index (χ4n) is 2.46. The van der Waals surface area contributed by atoms with Gasteiger partial charge >= 0.3 is 0 Å². The van der Waals surface area contributed by atoms with Gasteiger partial charge in [0.25, 0.3) is 5.91 Å². The Hall–Kier alpha value is -3.54. The maximum atomic E-state index is 12.3. The van der Waals surface area contributed by atoms with Gasteiger partial charge in [-0.3, -0.25) is 9.59 Å². The van der Waals surface area contributed by atoms with Crippen LogP contribution in [0, 0.1) is 0 Å². The zero-order chi connectivity index (χ0) is 19.2. The molecule has 27 heavy (non-hydrogen) atoms. The van der Waals surface area contributed by atoms with E-state index in [9.17, 15) is 9.59 Å². The van der Waals surface area contributed by atoms with E-state index in [0.717, 1.165) is 12.1 Å². The minimum atomic E-state index is -0.316. The highest BCUT2D eigenvalue weighted by molar-refractivity contribution is 6.02. The number of rotatable bonds is 6. The third-order valence-corrected chi connectivity index (χ3v) is 4.07. The maximum Gasteiger partial charge on any atom is 0.275 e. The molecule has 0 fully saturated rings. The molecule has 1 heterocycles. The molecule has 0 aliphatic heterocycles. The lowest BCUT2D eigenvalue weighted by Crippen LogP contribution is -2.14. The molecule has 0 aliphatic rings. The third-order valence-electron chi connectivity index (χ3n) is 4.07. The Morgan fingerprint density at radius 3 is 2.11 bits per heavy atom. The van der Waals surface area contributed by atoms with Crippen molar-refractivity contribution in [1.82, 2.24) is 9.97 Å². The fourth-order valence-corrected chi connectivity index (χ4v) is 2.46. The SMILES string of the molecule is CCc1ccc(NC(=O)c2cnc(Nc3ccc(C(C)=O)cc3)cn2)cc1. The molecule has 0 atom stereocenters. The summed E-state index contributed by atoms with van der Waals surface area (Å²) in [5.74, 6) is 0.208. The number of aromatic nitrogens is 2. The molecule has 6 heteroatoms. The number of amides is 1. The predicted molar refractivity (Wildman–Crippen MR) is 106 cm³/mol. The third kappa shape index (κ3) is 4.76. The van der Waals surface area contributed by atoms with Gasteiger partial charge < -0.3 is 10.6 Å². The molecule has 3 rings (SSSR count). The van der Waals surface area contributed by atoms with Gasteiger partial charge in [-0.2, -0.15) is 0 Å². The molecule has 3 aromatic rings. The van der Waals surface area contributed by atoms with E-state index in [-0.39, 0.29) is 17.4 Å². The fraction of sp³-hybridized carbons (Fsp3) is 0.143. The van der Waals surface area contributed by atoms with Gasteiger partial charge in [-0.15, -0.1) is 0 Å². The first kappa shape index (κ1) is 18.3. The number of nitrogens with zero attached hydrogens (tertiary/aromatic N) is 2. The summed E-state index contributed by atoms with van der Waals surface area (Å²) in [5, 5.41) is 5.88. The van der Waals surface area contributed by atoms with E-state index >= 15 is 0 Å². The first-order valence-corrected chi connectivity index (χ1v) is 8.65. The number of hydrogen-bond donors (Lipinski definition) is 2. The van der Waals surface area contributed by atoms with Gasteiger partial charge in [-0.05, 0) is 55.3 Å². The Kier molecular flexibility index (Phi) is 5.56. The zero-order valence-corrected chi connectivity index (χ0v) is 15.2. The molecule has 6 nitrogen and oxygen atoms in total. The van der Waals surface area contributed by atoms with Crippen LogP contribution < -0.4 is 10.6 Å². The van der Waals surface area contributed by atoms with Crippen molar-refractivity contribution in [1.29, 1.82) is 0 Å². The first-order chi connectivity index (χ1) is 13.0. The van der Waals surface area contributed by atoms with Crippen molar-refractivity contribution < 1.29 is 9.59 Å². The number of nitrogens with one attached hydrogen (secondary N) is 2. The lowest BCUT2D eigenvalue weighted by Gasteiger charge is -2.08. The molecule has 0 spiro atoms. The van der Waals surface area contributed by atoms with Crippen LogP contribution in [0.4, 0.5) is 17.2 Å². The van der Waals surface area contributed by atoms with Crippen LogP contribution in [0.3, 0.4) is 0 Å². The lowest BCUT2D eigenvalue weighted by atomic mass is 10.1. The van der Waals surface area contributed by atoms with Crippen LogP contribution in [0.25, 0.3) is 0 Å². The van der Waals surface area contributed by atoms with E-state index in [1.165, 1.54) is 24.9 Å². The summed E-state index contributed by atoms with van der Waals surface area (Å²) >= 11 is 0. The number of carbonyl (C=O) groups is 2. The molecule has 1 aromatic heterocycles. The average molecular weight is 360 g/mol. The van der Waals surface area contributed by atoms with Gasteiger partial charge in [0.15, 0.2) is 5.78 Å². The van der Waals surface area contributed by atoms with Crippen molar-refractivity contribution in [3.63, 3.8) is 0 Å². The van der Waals surface area contributed by atoms with Gasteiger partial charge in [0.05, 0.1) is 12.4 Å². The number of aryl methyl sites for hydroxylation is 1. The van der Waals surface area contributed by atoms with Crippen LogP contribution in [-0.2, 0) is 6.42 Å². The Bertz CT molecular complexity index is 933. The van der Waals surface area contributed by atoms with Gasteiger partial charge in [0.1, 0.15) is 11.5 Å². The zero-order valence-electron chi connectivity index (χ0n) is 15.2. The summed E-state index contributed by atoms with van der Waals surface area (Å²) in [7, 11) is 0. The van der Waals surface area contributed by atoms with Gasteiger partial charge in [0, 0.05) is 16.9 Å². The van der Waals surface area contributed by atoms with Crippen LogP contribution in [-0.4, -0.2) is 21.7 Å². The second kappa shape index (κ2) is 8.23. The number of Topliss-reactive ketones (excluding diaryl/α,β-unsaturated/α-hetero) is 1. The van der Waals surface area contributed by atoms with Crippen LogP contribution in [0.1, 0.15) is 40.3 Å². The molecule has 2 aromatic carbocycles. The quantitative estimate of drug-likeness (QED) is 0.643. The molecule has 1 amide bonds. The summed E-state index contributed by atoms with van der Waals surface area (Å²) in [6, 6.07) is 14.7. The molecule has 0 saturated carbocycles. The van der Waals surface area contributed by atoms with Gasteiger partial charge in [-0.1, -0.05) is 19.1 Å². The van der Waals surface area contributed by atoms with Crippen molar-refractivity contribution in [2.24, 2.45) is 0 Å². The van der Waals surface area contributed by atoms with Crippen LogP contribution in [0.2, 0.25) is 0 Å². The number of ketones is 1. The Labute approximate surface area is 157 Å². The summed E-state index contributed by atoms with van der Waals surface area (Å²) < 4.78 is 0. The smallest absolute Gasteiger partial charge is 0.275 e. The molecule has 0 bridgehead atoms. The molecule has 0 radical (unpaired) electrons. The van der Waals surface area contributed by atoms with E-state index in [2.05, 4.69) is 27.5 Å². The predicted octanol–water partition coefficient (Wildman–Crippen LogP) is 4.24. The molecule has 0 saturated heterocycles. The summed E-state index contributed by atoms with van der Waals surface area (Å²) in [6.45, 7) is 3.60. The minimum Gasteiger partial charge on any atom is -0.339 e. The van der Waals surface area contributed by atoms with E-state index in [0.29, 0.717) is 17.1 Å². The maximum absolute atomic E-state index is 12.3. The van der Waals surface area contributed by atoms with Crippen LogP contribution in [0.5, 0.6) is 0 Å². The van der Waals surface area contributed by atoms with E-state index < -0.39 is 0 Å². The highest BCUT2D eigenvalue weighted by Crippen LogP contribution is 2.16. The van der Waals surface area contributed by atoms with Crippen molar-refractivity contribution >= 4 is 28.9 Å². The second-order valence-electron chi connectivity index (χ2n) is 6.05. The molecule has 0 aliphatic carbocycles. The molecular formula is C21H20N4O2. The van der Waals surface area contributed by atoms with E-state index in [4.69, 9.17) is 0 Å². The number of benzene rings is 2. The Morgan fingerprint density at radius 2 is 1.56 bits per heavy atom. The molecular weight excluding hydrogens is 340 g/mol. The lowest BCUT2D eigenvalue weighted by molar-refractivity contribution is 0.101. The Morgan fingerprint density at radius 1 is 0.889 bits per heavy atom. The van der Waals surface area contributed by atoms with Crippen molar-refractivity contribution in [3.05, 3.63) is 77.7 Å². The summed E-state index contributed by atoms with van der Waals surface area (Å²) in [5.41, 5.74) is 3.58. The van der Waals surface area contributed by atoms with Crippen molar-refractivity contribution in [2.75, 3.05) is 10.6 Å². The molecule has 2 N–H and O–H groups in total. The summed E-state index contributed by atoms with van der Waals surface area (Å²) in [6.07, 6.45) is 3.86. The van der Waals surface area contributed by atoms with E-state index in [1.54, 1.807) is 24.3 Å². The topological polar surface area (TPSA) is 84.0 Å². The number of hydrogen-bond acceptors (Lipinski definition) is 5. The first-order valence-electron chi connectivity index (χ1n) is 8.65. The highest BCUT2D eigenvalue weighted by atomic mass is 16.2. The highest BCUT2D eigenvalue weighted by Gasteiger charge is 2.09. The number of carbonyl (C=O) groups excluding carboxylic acids is 2. The second-order valence-corrected chi connectivity index (χ2v) is 6.05. The average Bonchev–Trinajstić information content (AvgIpc) is 2.69. The number of anilines is 3. The largest absolute Gasteiger partial charge is 0.339 e. The summed E-state index contributed by atoms with van der Waals surface area (Å²) in [4.78, 5) is 32.0. The molecule has 136 valence electrons. The monoisotopic (exact) mass is 360 g/mol. The standard InChI is InChI=1S/C21H20N4O2/c1-3-15-4-8-18(9-5-15)25-21(27)19-12-23-20(13-22-19)24-17-10-6-16(7-11-17)14(2)26/h4-13H,3H2,1-2H3,(H,23,24)(H,25,27).